The summed E-state index contributed by atoms with van der Waals surface area (Å²) in [5, 5.41) is 0. The number of rotatable bonds is 3. The minimum atomic E-state index is -0.362. The summed E-state index contributed by atoms with van der Waals surface area (Å²) in [6.45, 7) is 0. The van der Waals surface area contributed by atoms with Crippen LogP contribution in [0.4, 0.5) is 5.69 Å². The van der Waals surface area contributed by atoms with Crippen LogP contribution < -0.4 is 10.5 Å². The molecule has 0 saturated carbocycles. The fraction of sp³-hybridized carbons (Fsp3) is 0.0500. The molecule has 3 aromatic rings. The number of nitrogens with two attached hydrogens (primary N) is 1. The Morgan fingerprint density at radius 1 is 0.833 bits per heavy atom. The van der Waals surface area contributed by atoms with E-state index in [1.54, 1.807) is 18.2 Å². The number of fused-ring (bicyclic) bond motifs is 1. The van der Waals surface area contributed by atoms with E-state index in [0.29, 0.717) is 17.0 Å². The van der Waals surface area contributed by atoms with Crippen molar-refractivity contribution >= 4 is 11.7 Å². The zero-order chi connectivity index (χ0) is 16.5. The molecule has 2 N–H and O–H groups in total. The highest BCUT2D eigenvalue weighted by molar-refractivity contribution is 5.94. The Kier molecular flexibility index (Phi) is 3.43. The van der Waals surface area contributed by atoms with Crippen molar-refractivity contribution in [3.05, 3.63) is 89.5 Å². The Labute approximate surface area is 139 Å². The normalized spacial score (nSPS) is 15.7. The highest BCUT2D eigenvalue weighted by Crippen LogP contribution is 2.36. The summed E-state index contributed by atoms with van der Waals surface area (Å²) in [6.07, 6.45) is -0.362. The number of carbonyl (C=O) groups is 1. The Hall–Kier alpha value is -3.27. The van der Waals surface area contributed by atoms with Crippen LogP contribution in [0, 0.1) is 0 Å². The van der Waals surface area contributed by atoms with E-state index in [4.69, 9.17) is 15.2 Å². The smallest absolute Gasteiger partial charge is 0.339 e. The zero-order valence-corrected chi connectivity index (χ0v) is 12.8. The van der Waals surface area contributed by atoms with Crippen LogP contribution in [0.1, 0.15) is 27.6 Å². The van der Waals surface area contributed by atoms with Crippen molar-refractivity contribution in [1.82, 2.24) is 0 Å². The molecule has 4 heteroatoms. The summed E-state index contributed by atoms with van der Waals surface area (Å²) in [5.74, 6) is 1.15. The van der Waals surface area contributed by atoms with Gasteiger partial charge in [0, 0.05) is 11.3 Å². The molecular weight excluding hydrogens is 302 g/mol. The molecule has 1 aliphatic heterocycles. The van der Waals surface area contributed by atoms with Gasteiger partial charge in [0.25, 0.3) is 0 Å². The molecule has 1 atom stereocenters. The van der Waals surface area contributed by atoms with Crippen LogP contribution >= 0.6 is 0 Å². The molecular formula is C20H15NO3. The van der Waals surface area contributed by atoms with Gasteiger partial charge < -0.3 is 15.2 Å². The van der Waals surface area contributed by atoms with E-state index >= 15 is 0 Å². The Morgan fingerprint density at radius 3 is 2.17 bits per heavy atom. The number of ether oxygens (including phenoxy) is 2. The topological polar surface area (TPSA) is 61.6 Å². The molecule has 1 unspecified atom stereocenters. The number of hydrogen-bond acceptors (Lipinski definition) is 4. The van der Waals surface area contributed by atoms with Gasteiger partial charge in [0.2, 0.25) is 0 Å². The summed E-state index contributed by atoms with van der Waals surface area (Å²) >= 11 is 0. The number of hydrogen-bond donors (Lipinski definition) is 1. The van der Waals surface area contributed by atoms with Crippen molar-refractivity contribution in [3.8, 4) is 11.5 Å². The third-order valence-electron chi connectivity index (χ3n) is 3.99. The van der Waals surface area contributed by atoms with Crippen molar-refractivity contribution in [2.24, 2.45) is 0 Å². The summed E-state index contributed by atoms with van der Waals surface area (Å²) in [4.78, 5) is 11.9. The lowest BCUT2D eigenvalue weighted by atomic mass is 9.99. The van der Waals surface area contributed by atoms with Gasteiger partial charge in [0.1, 0.15) is 11.5 Å². The summed E-state index contributed by atoms with van der Waals surface area (Å²) < 4.78 is 11.3. The van der Waals surface area contributed by atoms with E-state index < -0.39 is 0 Å². The molecule has 0 radical (unpaired) electrons. The number of benzene rings is 3. The first-order valence-corrected chi connectivity index (χ1v) is 7.64. The molecule has 0 aliphatic carbocycles. The lowest BCUT2D eigenvalue weighted by Crippen LogP contribution is -2.00. The van der Waals surface area contributed by atoms with Gasteiger partial charge in [-0.3, -0.25) is 0 Å². The van der Waals surface area contributed by atoms with Crippen molar-refractivity contribution < 1.29 is 14.3 Å². The predicted octanol–water partition coefficient (Wildman–Crippen LogP) is 4.32. The molecule has 3 aromatic carbocycles. The zero-order valence-electron chi connectivity index (χ0n) is 12.8. The lowest BCUT2D eigenvalue weighted by molar-refractivity contribution is 0.0456. The Balaban J connectivity index is 1.56. The van der Waals surface area contributed by atoms with Gasteiger partial charge in [0.05, 0.1) is 5.56 Å². The maximum atomic E-state index is 11.9. The van der Waals surface area contributed by atoms with Crippen LogP contribution in [0.15, 0.2) is 72.8 Å². The van der Waals surface area contributed by atoms with E-state index in [-0.39, 0.29) is 12.1 Å². The largest absolute Gasteiger partial charge is 0.457 e. The third kappa shape index (κ3) is 2.58. The fourth-order valence-electron chi connectivity index (χ4n) is 2.78. The number of cyclic esters (lactones) is 1. The summed E-state index contributed by atoms with van der Waals surface area (Å²) in [6, 6.07) is 22.2. The van der Waals surface area contributed by atoms with Gasteiger partial charge in [-0.15, -0.1) is 0 Å². The first-order chi connectivity index (χ1) is 11.7. The molecule has 24 heavy (non-hydrogen) atoms. The van der Waals surface area contributed by atoms with E-state index in [9.17, 15) is 4.79 Å². The number of esters is 1. The molecule has 0 fully saturated rings. The Morgan fingerprint density at radius 2 is 1.46 bits per heavy atom. The lowest BCUT2D eigenvalue weighted by Gasteiger charge is -2.12. The quantitative estimate of drug-likeness (QED) is 0.577. The van der Waals surface area contributed by atoms with Gasteiger partial charge in [-0.05, 0) is 48.0 Å². The molecule has 0 amide bonds. The van der Waals surface area contributed by atoms with Crippen LogP contribution in [-0.2, 0) is 4.74 Å². The van der Waals surface area contributed by atoms with Crippen LogP contribution in [0.3, 0.4) is 0 Å². The standard InChI is InChI=1S/C20H15NO3/c21-14-7-11-16(12-8-14)23-15-9-5-13(6-10-15)19-17-3-1-2-4-18(17)20(22)24-19/h1-12,19H,21H2. The highest BCUT2D eigenvalue weighted by atomic mass is 16.5. The highest BCUT2D eigenvalue weighted by Gasteiger charge is 2.31. The van der Waals surface area contributed by atoms with Crippen LogP contribution in [0.5, 0.6) is 11.5 Å². The number of anilines is 1. The van der Waals surface area contributed by atoms with Crippen molar-refractivity contribution in [1.29, 1.82) is 0 Å². The molecule has 0 aromatic heterocycles. The van der Waals surface area contributed by atoms with Gasteiger partial charge in [0.15, 0.2) is 6.10 Å². The average Bonchev–Trinajstić information content (AvgIpc) is 2.95. The van der Waals surface area contributed by atoms with Crippen molar-refractivity contribution in [3.63, 3.8) is 0 Å². The molecule has 0 saturated heterocycles. The Bertz CT molecular complexity index is 886. The molecule has 1 heterocycles. The minimum Gasteiger partial charge on any atom is -0.457 e. The molecule has 0 spiro atoms. The van der Waals surface area contributed by atoms with Crippen LogP contribution in [0.25, 0.3) is 0 Å². The fourth-order valence-corrected chi connectivity index (χ4v) is 2.78. The summed E-state index contributed by atoms with van der Waals surface area (Å²) in [5.41, 5.74) is 8.80. The van der Waals surface area contributed by atoms with Crippen LogP contribution in [-0.4, -0.2) is 5.97 Å². The molecule has 4 rings (SSSR count). The first-order valence-electron chi connectivity index (χ1n) is 7.64. The monoisotopic (exact) mass is 317 g/mol. The third-order valence-corrected chi connectivity index (χ3v) is 3.99. The molecule has 4 nitrogen and oxygen atoms in total. The van der Waals surface area contributed by atoms with Gasteiger partial charge in [-0.25, -0.2) is 4.79 Å². The molecule has 118 valence electrons. The number of nitrogen functional groups attached to an aromatic ring is 1. The maximum absolute atomic E-state index is 11.9. The SMILES string of the molecule is Nc1ccc(Oc2ccc(C3OC(=O)c4ccccc43)cc2)cc1. The van der Waals surface area contributed by atoms with Crippen LogP contribution in [0.2, 0.25) is 0 Å². The van der Waals surface area contributed by atoms with Gasteiger partial charge >= 0.3 is 5.97 Å². The second-order valence-corrected chi connectivity index (χ2v) is 5.61. The molecule has 1 aliphatic rings. The van der Waals surface area contributed by atoms with Crippen molar-refractivity contribution in [2.75, 3.05) is 5.73 Å². The first kappa shape index (κ1) is 14.3. The second kappa shape index (κ2) is 5.74. The van der Waals surface area contributed by atoms with Gasteiger partial charge in [-0.1, -0.05) is 30.3 Å². The maximum Gasteiger partial charge on any atom is 0.339 e. The van der Waals surface area contributed by atoms with Gasteiger partial charge in [-0.2, -0.15) is 0 Å². The van der Waals surface area contributed by atoms with E-state index in [1.807, 2.05) is 54.6 Å². The van der Waals surface area contributed by atoms with E-state index in [1.165, 1.54) is 0 Å². The van der Waals surface area contributed by atoms with E-state index in [0.717, 1.165) is 16.9 Å². The van der Waals surface area contributed by atoms with E-state index in [2.05, 4.69) is 0 Å². The van der Waals surface area contributed by atoms with Crippen molar-refractivity contribution in [2.45, 2.75) is 6.10 Å². The summed E-state index contributed by atoms with van der Waals surface area (Å²) in [7, 11) is 0. The molecule has 0 bridgehead atoms. The second-order valence-electron chi connectivity index (χ2n) is 5.61. The predicted molar refractivity (Wildman–Crippen MR) is 91.1 cm³/mol. The number of carbonyl (C=O) groups excluding carboxylic acids is 1. The minimum absolute atomic E-state index is 0.280. The average molecular weight is 317 g/mol.